The Morgan fingerprint density at radius 2 is 1.92 bits per heavy atom. The van der Waals surface area contributed by atoms with Crippen molar-refractivity contribution in [3.63, 3.8) is 0 Å². The van der Waals surface area contributed by atoms with Crippen LogP contribution in [0, 0.1) is 11.8 Å². The normalized spacial score (nSPS) is 35.4. The fraction of sp³-hybridized carbons (Fsp3) is 0.800. The smallest absolute Gasteiger partial charge is 0.293 e. The molecule has 1 saturated carbocycles. The van der Waals surface area contributed by atoms with E-state index in [2.05, 4.69) is 6.58 Å². The fourth-order valence-corrected chi connectivity index (χ4v) is 2.93. The van der Waals surface area contributed by atoms with Crippen molar-refractivity contribution < 1.29 is 4.65 Å². The summed E-state index contributed by atoms with van der Waals surface area (Å²) in [6.07, 6.45) is 6.49. The standard InChI is InChI=1S/C10H17BO/c1-8-3-9-5-10(4-8)7-11(6-9)12-2/h9-10H,1,3-7H2,2H3. The van der Waals surface area contributed by atoms with Crippen LogP contribution in [0.5, 0.6) is 0 Å². The van der Waals surface area contributed by atoms with E-state index in [-0.39, 0.29) is 0 Å². The summed E-state index contributed by atoms with van der Waals surface area (Å²) in [5.74, 6) is 1.77. The molecule has 1 aliphatic carbocycles. The van der Waals surface area contributed by atoms with Gasteiger partial charge in [-0.2, -0.15) is 0 Å². The number of fused-ring (bicyclic) bond motifs is 2. The van der Waals surface area contributed by atoms with Gasteiger partial charge >= 0.3 is 0 Å². The second kappa shape index (κ2) is 3.25. The molecule has 1 saturated heterocycles. The summed E-state index contributed by atoms with van der Waals surface area (Å²) in [5, 5.41) is 0. The van der Waals surface area contributed by atoms with Crippen molar-refractivity contribution in [2.24, 2.45) is 11.8 Å². The van der Waals surface area contributed by atoms with Gasteiger partial charge in [-0.1, -0.05) is 12.2 Å². The van der Waals surface area contributed by atoms with Crippen molar-refractivity contribution in [2.45, 2.75) is 31.9 Å². The number of hydrogen-bond acceptors (Lipinski definition) is 1. The van der Waals surface area contributed by atoms with Crippen LogP contribution in [0.15, 0.2) is 12.2 Å². The van der Waals surface area contributed by atoms with Crippen LogP contribution in [0.3, 0.4) is 0 Å². The molecule has 2 unspecified atom stereocenters. The number of hydrogen-bond donors (Lipinski definition) is 0. The van der Waals surface area contributed by atoms with Gasteiger partial charge in [0.2, 0.25) is 0 Å². The average Bonchev–Trinajstić information content (AvgIpc) is 2.02. The van der Waals surface area contributed by atoms with E-state index in [0.29, 0.717) is 6.92 Å². The quantitative estimate of drug-likeness (QED) is 0.427. The maximum Gasteiger partial charge on any atom is 0.293 e. The van der Waals surface area contributed by atoms with Gasteiger partial charge < -0.3 is 4.65 Å². The van der Waals surface area contributed by atoms with Crippen LogP contribution in [0.25, 0.3) is 0 Å². The highest BCUT2D eigenvalue weighted by atomic mass is 16.4. The van der Waals surface area contributed by atoms with Crippen LogP contribution >= 0.6 is 0 Å². The highest BCUT2D eigenvalue weighted by molar-refractivity contribution is 6.52. The minimum absolute atomic E-state index is 0.543. The molecule has 12 heavy (non-hydrogen) atoms. The maximum absolute atomic E-state index is 5.43. The van der Waals surface area contributed by atoms with Crippen molar-refractivity contribution in [1.29, 1.82) is 0 Å². The Labute approximate surface area is 75.3 Å². The second-order valence-electron chi connectivity index (χ2n) is 4.46. The van der Waals surface area contributed by atoms with E-state index in [1.54, 1.807) is 0 Å². The molecule has 2 heteroatoms. The van der Waals surface area contributed by atoms with E-state index in [1.165, 1.54) is 37.5 Å². The third-order valence-electron chi connectivity index (χ3n) is 3.35. The fourth-order valence-electron chi connectivity index (χ4n) is 2.93. The zero-order valence-corrected chi connectivity index (χ0v) is 7.88. The van der Waals surface area contributed by atoms with Gasteiger partial charge in [-0.3, -0.25) is 0 Å². The van der Waals surface area contributed by atoms with E-state index >= 15 is 0 Å². The summed E-state index contributed by atoms with van der Waals surface area (Å²) < 4.78 is 5.43. The first-order chi connectivity index (χ1) is 5.78. The Morgan fingerprint density at radius 1 is 1.33 bits per heavy atom. The molecule has 0 spiro atoms. The third-order valence-corrected chi connectivity index (χ3v) is 3.35. The van der Waals surface area contributed by atoms with Gasteiger partial charge in [-0.05, 0) is 43.7 Å². The molecule has 0 N–H and O–H groups in total. The summed E-state index contributed by atoms with van der Waals surface area (Å²) in [7, 11) is 1.85. The Kier molecular flexibility index (Phi) is 2.27. The van der Waals surface area contributed by atoms with Crippen LogP contribution in [-0.4, -0.2) is 14.0 Å². The Morgan fingerprint density at radius 3 is 2.42 bits per heavy atom. The molecule has 2 fully saturated rings. The summed E-state index contributed by atoms with van der Waals surface area (Å²) in [6, 6.07) is 0. The summed E-state index contributed by atoms with van der Waals surface area (Å²) in [5.41, 5.74) is 1.48. The Balaban J connectivity index is 2.00. The molecule has 66 valence electrons. The summed E-state index contributed by atoms with van der Waals surface area (Å²) in [6.45, 7) is 4.65. The summed E-state index contributed by atoms with van der Waals surface area (Å²) >= 11 is 0. The monoisotopic (exact) mass is 164 g/mol. The van der Waals surface area contributed by atoms with Crippen molar-refractivity contribution in [3.8, 4) is 0 Å². The maximum atomic E-state index is 5.43. The van der Waals surface area contributed by atoms with Crippen molar-refractivity contribution in [3.05, 3.63) is 12.2 Å². The van der Waals surface area contributed by atoms with E-state index in [1.807, 2.05) is 7.11 Å². The largest absolute Gasteiger partial charge is 0.438 e. The number of rotatable bonds is 1. The van der Waals surface area contributed by atoms with Gasteiger partial charge in [-0.25, -0.2) is 0 Å². The van der Waals surface area contributed by atoms with Crippen LogP contribution < -0.4 is 0 Å². The lowest BCUT2D eigenvalue weighted by Gasteiger charge is -2.37. The second-order valence-corrected chi connectivity index (χ2v) is 4.46. The highest BCUT2D eigenvalue weighted by Gasteiger charge is 2.35. The van der Waals surface area contributed by atoms with Gasteiger partial charge in [0.15, 0.2) is 0 Å². The Bertz CT molecular complexity index is 174. The average molecular weight is 164 g/mol. The number of allylic oxidation sites excluding steroid dienone is 1. The molecule has 1 aliphatic heterocycles. The molecule has 1 heterocycles. The first-order valence-electron chi connectivity index (χ1n) is 4.97. The highest BCUT2D eigenvalue weighted by Crippen LogP contribution is 2.42. The molecule has 0 aromatic rings. The molecule has 0 radical (unpaired) electrons. The van der Waals surface area contributed by atoms with Gasteiger partial charge in [0.05, 0.1) is 0 Å². The van der Waals surface area contributed by atoms with Crippen molar-refractivity contribution in [2.75, 3.05) is 7.11 Å². The van der Waals surface area contributed by atoms with Crippen molar-refractivity contribution in [1.82, 2.24) is 0 Å². The molecule has 2 atom stereocenters. The first kappa shape index (κ1) is 8.37. The van der Waals surface area contributed by atoms with Gasteiger partial charge in [0.1, 0.15) is 0 Å². The lowest BCUT2D eigenvalue weighted by atomic mass is 9.47. The van der Waals surface area contributed by atoms with Gasteiger partial charge in [0.25, 0.3) is 6.92 Å². The van der Waals surface area contributed by atoms with Crippen LogP contribution in [-0.2, 0) is 4.65 Å². The predicted molar refractivity (Wildman–Crippen MR) is 52.3 cm³/mol. The molecule has 2 aliphatic rings. The van der Waals surface area contributed by atoms with Crippen LogP contribution in [0.1, 0.15) is 19.3 Å². The molecule has 1 nitrogen and oxygen atoms in total. The topological polar surface area (TPSA) is 9.23 Å². The molecule has 0 aromatic heterocycles. The molecule has 2 bridgehead atoms. The lowest BCUT2D eigenvalue weighted by Crippen LogP contribution is -2.33. The van der Waals surface area contributed by atoms with E-state index in [9.17, 15) is 0 Å². The van der Waals surface area contributed by atoms with Gasteiger partial charge in [-0.15, -0.1) is 0 Å². The zero-order valence-electron chi connectivity index (χ0n) is 7.88. The predicted octanol–water partition coefficient (Wildman–Crippen LogP) is 2.61. The molecular formula is C10H17BO. The molecular weight excluding hydrogens is 147 g/mol. The molecule has 0 aromatic carbocycles. The minimum atomic E-state index is 0.543. The molecule has 2 rings (SSSR count). The van der Waals surface area contributed by atoms with Crippen LogP contribution in [0.4, 0.5) is 0 Å². The van der Waals surface area contributed by atoms with Crippen LogP contribution in [0.2, 0.25) is 12.6 Å². The Hall–Kier alpha value is -0.235. The minimum Gasteiger partial charge on any atom is -0.438 e. The third kappa shape index (κ3) is 1.58. The molecule has 0 amide bonds. The summed E-state index contributed by atoms with van der Waals surface area (Å²) in [4.78, 5) is 0. The first-order valence-corrected chi connectivity index (χ1v) is 4.97. The van der Waals surface area contributed by atoms with E-state index < -0.39 is 0 Å². The van der Waals surface area contributed by atoms with Gasteiger partial charge in [0, 0.05) is 7.11 Å². The lowest BCUT2D eigenvalue weighted by molar-refractivity contribution is 0.296. The van der Waals surface area contributed by atoms with E-state index in [0.717, 1.165) is 11.8 Å². The zero-order chi connectivity index (χ0) is 8.55. The SMILES string of the molecule is C=C1CC2CB(OC)CC(C1)C2. The van der Waals surface area contributed by atoms with Crippen molar-refractivity contribution >= 4 is 6.92 Å². The van der Waals surface area contributed by atoms with E-state index in [4.69, 9.17) is 4.65 Å².